The highest BCUT2D eigenvalue weighted by Crippen LogP contribution is 2.08. The predicted molar refractivity (Wildman–Crippen MR) is 65.6 cm³/mol. The Morgan fingerprint density at radius 2 is 2.12 bits per heavy atom. The van der Waals surface area contributed by atoms with E-state index in [9.17, 15) is 9.59 Å². The fourth-order valence-electron chi connectivity index (χ4n) is 1.25. The summed E-state index contributed by atoms with van der Waals surface area (Å²) in [7, 11) is 0. The van der Waals surface area contributed by atoms with Gasteiger partial charge >= 0.3 is 5.97 Å². The van der Waals surface area contributed by atoms with E-state index in [1.54, 1.807) is 18.2 Å². The number of aliphatic carboxylic acids is 1. The Bertz CT molecular complexity index is 424. The second-order valence-corrected chi connectivity index (χ2v) is 3.83. The predicted octanol–water partition coefficient (Wildman–Crippen LogP) is 2.29. The van der Waals surface area contributed by atoms with Crippen molar-refractivity contribution in [2.24, 2.45) is 0 Å². The van der Waals surface area contributed by atoms with Crippen LogP contribution < -0.4 is 0 Å². The molecule has 0 radical (unpaired) electrons. The quantitative estimate of drug-likeness (QED) is 0.666. The number of benzene rings is 1. The van der Waals surface area contributed by atoms with E-state index in [1.807, 2.05) is 6.07 Å². The van der Waals surface area contributed by atoms with Gasteiger partial charge in [0.15, 0.2) is 0 Å². The molecule has 0 saturated heterocycles. The number of hydrogen-bond donors (Lipinski definition) is 1. The molecule has 0 heterocycles. The van der Waals surface area contributed by atoms with Gasteiger partial charge in [0, 0.05) is 12.5 Å². The first-order valence-corrected chi connectivity index (χ1v) is 5.81. The van der Waals surface area contributed by atoms with Gasteiger partial charge in [0.1, 0.15) is 5.78 Å². The van der Waals surface area contributed by atoms with Gasteiger partial charge in [0.25, 0.3) is 0 Å². The number of alkyl halides is 1. The SMILES string of the molecule is O=C(O)C=Cc1cccc(CC(=O)CBr)c1. The van der Waals surface area contributed by atoms with Crippen LogP contribution in [-0.2, 0) is 16.0 Å². The standard InChI is InChI=1S/C12H11BrO3/c13-8-11(14)7-10-3-1-2-9(6-10)4-5-12(15)16/h1-6H,7-8H2,(H,15,16). The number of carbonyl (C=O) groups is 2. The number of carboxylic acid groups (broad SMARTS) is 1. The molecule has 1 N–H and O–H groups in total. The Kier molecular flexibility index (Phi) is 4.92. The molecule has 0 spiro atoms. The van der Waals surface area contributed by atoms with E-state index in [4.69, 9.17) is 5.11 Å². The first-order chi connectivity index (χ1) is 7.61. The summed E-state index contributed by atoms with van der Waals surface area (Å²) in [6.45, 7) is 0. The average molecular weight is 283 g/mol. The molecule has 0 aromatic heterocycles. The molecule has 0 aliphatic heterocycles. The van der Waals surface area contributed by atoms with Gasteiger partial charge in [-0.1, -0.05) is 40.2 Å². The molecule has 0 aliphatic carbocycles. The number of halogens is 1. The first kappa shape index (κ1) is 12.6. The largest absolute Gasteiger partial charge is 0.478 e. The fraction of sp³-hybridized carbons (Fsp3) is 0.167. The maximum absolute atomic E-state index is 11.2. The van der Waals surface area contributed by atoms with Gasteiger partial charge in [-0.15, -0.1) is 0 Å². The molecule has 0 fully saturated rings. The normalized spacial score (nSPS) is 10.6. The van der Waals surface area contributed by atoms with Crippen LogP contribution in [0.15, 0.2) is 30.3 Å². The Morgan fingerprint density at radius 1 is 1.38 bits per heavy atom. The van der Waals surface area contributed by atoms with Crippen LogP contribution in [0.1, 0.15) is 11.1 Å². The summed E-state index contributed by atoms with van der Waals surface area (Å²) in [4.78, 5) is 21.5. The number of carboxylic acids is 1. The minimum Gasteiger partial charge on any atom is -0.478 e. The average Bonchev–Trinajstić information content (AvgIpc) is 2.26. The number of hydrogen-bond acceptors (Lipinski definition) is 2. The lowest BCUT2D eigenvalue weighted by atomic mass is 10.1. The van der Waals surface area contributed by atoms with E-state index in [0.717, 1.165) is 17.2 Å². The van der Waals surface area contributed by atoms with Crippen molar-refractivity contribution in [1.82, 2.24) is 0 Å². The van der Waals surface area contributed by atoms with Crippen LogP contribution in [0, 0.1) is 0 Å². The molecule has 3 nitrogen and oxygen atoms in total. The van der Waals surface area contributed by atoms with Crippen LogP contribution >= 0.6 is 15.9 Å². The van der Waals surface area contributed by atoms with E-state index >= 15 is 0 Å². The third-order valence-electron chi connectivity index (χ3n) is 1.92. The Morgan fingerprint density at radius 3 is 2.75 bits per heavy atom. The van der Waals surface area contributed by atoms with Gasteiger partial charge in [-0.05, 0) is 17.2 Å². The fourth-order valence-corrected chi connectivity index (χ4v) is 1.45. The second-order valence-electron chi connectivity index (χ2n) is 3.27. The molecule has 0 bridgehead atoms. The Labute approximate surface area is 102 Å². The van der Waals surface area contributed by atoms with Gasteiger partial charge in [-0.25, -0.2) is 4.79 Å². The molecule has 84 valence electrons. The zero-order valence-electron chi connectivity index (χ0n) is 8.52. The van der Waals surface area contributed by atoms with Crippen molar-refractivity contribution in [2.75, 3.05) is 5.33 Å². The van der Waals surface area contributed by atoms with Gasteiger partial charge in [0.2, 0.25) is 0 Å². The molecular weight excluding hydrogens is 272 g/mol. The van der Waals surface area contributed by atoms with Gasteiger partial charge in [0.05, 0.1) is 5.33 Å². The Balaban J connectivity index is 2.78. The molecular formula is C12H11BrO3. The minimum absolute atomic E-state index is 0.0966. The highest BCUT2D eigenvalue weighted by atomic mass is 79.9. The summed E-state index contributed by atoms with van der Waals surface area (Å²) in [5, 5.41) is 8.82. The summed E-state index contributed by atoms with van der Waals surface area (Å²) in [5.41, 5.74) is 1.67. The number of carbonyl (C=O) groups excluding carboxylic acids is 1. The lowest BCUT2D eigenvalue weighted by Gasteiger charge is -2.00. The summed E-state index contributed by atoms with van der Waals surface area (Å²) < 4.78 is 0. The zero-order chi connectivity index (χ0) is 12.0. The van der Waals surface area contributed by atoms with Gasteiger partial charge in [-0.3, -0.25) is 4.79 Å². The molecule has 1 aromatic carbocycles. The molecule has 1 rings (SSSR count). The number of Topliss-reactive ketones (excluding diaryl/α,β-unsaturated/α-hetero) is 1. The summed E-state index contributed by atoms with van der Waals surface area (Å²) in [6, 6.07) is 7.25. The summed E-state index contributed by atoms with van der Waals surface area (Å²) in [6.07, 6.45) is 2.94. The Hall–Kier alpha value is -1.42. The topological polar surface area (TPSA) is 54.4 Å². The van der Waals surface area contributed by atoms with Crippen LogP contribution in [0.4, 0.5) is 0 Å². The minimum atomic E-state index is -0.984. The molecule has 0 aliphatic rings. The van der Waals surface area contributed by atoms with Crippen molar-refractivity contribution in [3.05, 3.63) is 41.5 Å². The van der Waals surface area contributed by atoms with E-state index in [0.29, 0.717) is 11.8 Å². The van der Waals surface area contributed by atoms with Crippen molar-refractivity contribution in [3.8, 4) is 0 Å². The van der Waals surface area contributed by atoms with Crippen LogP contribution in [0.25, 0.3) is 6.08 Å². The lowest BCUT2D eigenvalue weighted by Crippen LogP contribution is -2.03. The highest BCUT2D eigenvalue weighted by molar-refractivity contribution is 9.09. The van der Waals surface area contributed by atoms with Crippen molar-refractivity contribution in [3.63, 3.8) is 0 Å². The van der Waals surface area contributed by atoms with Crippen LogP contribution in [0.2, 0.25) is 0 Å². The first-order valence-electron chi connectivity index (χ1n) is 4.69. The molecule has 0 saturated carbocycles. The third-order valence-corrected chi connectivity index (χ3v) is 2.55. The van der Waals surface area contributed by atoms with E-state index in [-0.39, 0.29) is 5.78 Å². The van der Waals surface area contributed by atoms with Gasteiger partial charge < -0.3 is 5.11 Å². The number of ketones is 1. The summed E-state index contributed by atoms with van der Waals surface area (Å²) in [5.74, 6) is -0.888. The van der Waals surface area contributed by atoms with Crippen molar-refractivity contribution < 1.29 is 14.7 Å². The van der Waals surface area contributed by atoms with Crippen molar-refractivity contribution in [2.45, 2.75) is 6.42 Å². The maximum atomic E-state index is 11.2. The zero-order valence-corrected chi connectivity index (χ0v) is 10.1. The lowest BCUT2D eigenvalue weighted by molar-refractivity contribution is -0.131. The van der Waals surface area contributed by atoms with Crippen LogP contribution in [-0.4, -0.2) is 22.2 Å². The molecule has 0 unspecified atom stereocenters. The smallest absolute Gasteiger partial charge is 0.328 e. The number of rotatable bonds is 5. The van der Waals surface area contributed by atoms with Gasteiger partial charge in [-0.2, -0.15) is 0 Å². The summed E-state index contributed by atoms with van der Waals surface area (Å²) >= 11 is 3.10. The second kappa shape index (κ2) is 6.23. The van der Waals surface area contributed by atoms with Crippen LogP contribution in [0.5, 0.6) is 0 Å². The third kappa shape index (κ3) is 4.40. The monoisotopic (exact) mass is 282 g/mol. The molecule has 4 heteroatoms. The van der Waals surface area contributed by atoms with E-state index < -0.39 is 5.97 Å². The highest BCUT2D eigenvalue weighted by Gasteiger charge is 2.01. The molecule has 0 amide bonds. The van der Waals surface area contributed by atoms with Crippen LogP contribution in [0.3, 0.4) is 0 Å². The van der Waals surface area contributed by atoms with Crippen molar-refractivity contribution >= 4 is 33.8 Å². The molecule has 16 heavy (non-hydrogen) atoms. The molecule has 1 aromatic rings. The molecule has 0 atom stereocenters. The van der Waals surface area contributed by atoms with Crippen molar-refractivity contribution in [1.29, 1.82) is 0 Å². The maximum Gasteiger partial charge on any atom is 0.328 e. The van der Waals surface area contributed by atoms with E-state index in [1.165, 1.54) is 6.08 Å². The van der Waals surface area contributed by atoms with E-state index in [2.05, 4.69) is 15.9 Å².